The quantitative estimate of drug-likeness (QED) is 0.298. The van der Waals surface area contributed by atoms with Crippen LogP contribution in [0.15, 0.2) is 57.6 Å². The van der Waals surface area contributed by atoms with Crippen molar-refractivity contribution < 1.29 is 4.39 Å². The van der Waals surface area contributed by atoms with Gasteiger partial charge in [0.05, 0.1) is 5.69 Å². The van der Waals surface area contributed by atoms with Crippen LogP contribution in [-0.4, -0.2) is 17.4 Å². The first-order valence-corrected chi connectivity index (χ1v) is 10.7. The van der Waals surface area contributed by atoms with E-state index in [4.69, 9.17) is 17.3 Å². The molecule has 0 aliphatic carbocycles. The summed E-state index contributed by atoms with van der Waals surface area (Å²) < 4.78 is 19.1. The number of nitrogens with zero attached hydrogens (tertiary/aromatic N) is 3. The third-order valence-electron chi connectivity index (χ3n) is 4.43. The van der Waals surface area contributed by atoms with Crippen molar-refractivity contribution in [2.75, 3.05) is 28.6 Å². The van der Waals surface area contributed by atoms with E-state index in [1.807, 2.05) is 25.1 Å². The molecule has 0 spiro atoms. The molecule has 0 saturated carbocycles. The van der Waals surface area contributed by atoms with E-state index in [1.54, 1.807) is 25.4 Å². The first kappa shape index (κ1) is 22.6. The number of aryl methyl sites for hydroxylation is 1. The SMILES string of the molecule is CCSNc1ccc(Nc2ccc(Cl)cc2F)c(-c2cn(C)c(=O)c(N)c2N=NC)c1. The fraction of sp³-hybridized carbons (Fsp3) is 0.190. The lowest BCUT2D eigenvalue weighted by atomic mass is 10.0. The summed E-state index contributed by atoms with van der Waals surface area (Å²) in [5.74, 6) is 0.378. The van der Waals surface area contributed by atoms with Gasteiger partial charge >= 0.3 is 0 Å². The summed E-state index contributed by atoms with van der Waals surface area (Å²) in [6.45, 7) is 2.03. The Morgan fingerprint density at radius 3 is 2.61 bits per heavy atom. The number of rotatable bonds is 7. The largest absolute Gasteiger partial charge is 0.392 e. The number of nitrogen functional groups attached to an aromatic ring is 1. The number of anilines is 4. The molecule has 0 bridgehead atoms. The fourth-order valence-corrected chi connectivity index (χ4v) is 3.58. The Hall–Kier alpha value is -3.04. The molecule has 0 unspecified atom stereocenters. The van der Waals surface area contributed by atoms with E-state index in [-0.39, 0.29) is 22.6 Å². The molecule has 3 aromatic rings. The minimum Gasteiger partial charge on any atom is -0.392 e. The second kappa shape index (κ2) is 9.84. The normalized spacial score (nSPS) is 11.1. The van der Waals surface area contributed by atoms with E-state index in [9.17, 15) is 9.18 Å². The summed E-state index contributed by atoms with van der Waals surface area (Å²) in [7, 11) is 3.11. The second-order valence-electron chi connectivity index (χ2n) is 6.57. The predicted octanol–water partition coefficient (Wildman–Crippen LogP) is 5.96. The molecule has 10 heteroatoms. The third kappa shape index (κ3) is 5.00. The van der Waals surface area contributed by atoms with Crippen LogP contribution in [0, 0.1) is 5.82 Å². The Morgan fingerprint density at radius 2 is 1.94 bits per heavy atom. The predicted molar refractivity (Wildman–Crippen MR) is 128 cm³/mol. The van der Waals surface area contributed by atoms with Crippen LogP contribution >= 0.6 is 23.5 Å². The summed E-state index contributed by atoms with van der Waals surface area (Å²) in [4.78, 5) is 12.4. The monoisotopic (exact) mass is 460 g/mol. The van der Waals surface area contributed by atoms with E-state index >= 15 is 0 Å². The molecular formula is C21H22ClFN6OS. The number of benzene rings is 2. The van der Waals surface area contributed by atoms with Crippen LogP contribution in [0.1, 0.15) is 6.92 Å². The Labute approximate surface area is 188 Å². The van der Waals surface area contributed by atoms with Gasteiger partial charge in [0, 0.05) is 53.6 Å². The maximum Gasteiger partial charge on any atom is 0.275 e. The fourth-order valence-electron chi connectivity index (χ4n) is 2.99. The van der Waals surface area contributed by atoms with Gasteiger partial charge in [0.2, 0.25) is 0 Å². The molecule has 0 amide bonds. The lowest BCUT2D eigenvalue weighted by Crippen LogP contribution is -2.20. The van der Waals surface area contributed by atoms with E-state index in [1.165, 1.54) is 29.6 Å². The number of pyridine rings is 1. The van der Waals surface area contributed by atoms with E-state index in [0.29, 0.717) is 21.8 Å². The van der Waals surface area contributed by atoms with E-state index < -0.39 is 5.82 Å². The van der Waals surface area contributed by atoms with Crippen molar-refractivity contribution in [3.8, 4) is 11.1 Å². The molecule has 1 aromatic heterocycles. The lowest BCUT2D eigenvalue weighted by Gasteiger charge is -2.17. The number of azo groups is 1. The van der Waals surface area contributed by atoms with Gasteiger partial charge < -0.3 is 20.3 Å². The summed E-state index contributed by atoms with van der Waals surface area (Å²) in [6, 6.07) is 9.96. The Bertz CT molecular complexity index is 1200. The number of nitrogens with one attached hydrogen (secondary N) is 2. The minimum absolute atomic E-state index is 0.0180. The van der Waals surface area contributed by atoms with Crippen molar-refractivity contribution in [2.45, 2.75) is 6.92 Å². The van der Waals surface area contributed by atoms with Gasteiger partial charge in [-0.2, -0.15) is 10.2 Å². The molecule has 1 heterocycles. The maximum absolute atomic E-state index is 14.4. The molecule has 4 N–H and O–H groups in total. The van der Waals surface area contributed by atoms with Crippen molar-refractivity contribution in [1.29, 1.82) is 0 Å². The number of halogens is 2. The van der Waals surface area contributed by atoms with Crippen LogP contribution in [0.4, 0.5) is 32.8 Å². The number of hydrogen-bond donors (Lipinski definition) is 3. The van der Waals surface area contributed by atoms with Gasteiger partial charge in [-0.15, -0.1) is 0 Å². The van der Waals surface area contributed by atoms with Crippen molar-refractivity contribution in [3.05, 3.63) is 63.8 Å². The van der Waals surface area contributed by atoms with Gasteiger partial charge in [0.1, 0.15) is 17.2 Å². The standard InChI is InChI=1S/C21H22ClFN6OS/c1-4-31-28-13-6-8-17(26-18-7-5-12(22)9-16(18)23)14(10-13)15-11-29(3)21(30)19(24)20(15)27-25-2/h5-11,26,28H,4,24H2,1-3H3. The lowest BCUT2D eigenvalue weighted by molar-refractivity contribution is 0.632. The molecule has 0 radical (unpaired) electrons. The van der Waals surface area contributed by atoms with E-state index in [2.05, 4.69) is 20.3 Å². The molecule has 0 aliphatic heterocycles. The average molecular weight is 461 g/mol. The van der Waals surface area contributed by atoms with Gasteiger partial charge in [-0.1, -0.05) is 30.5 Å². The molecule has 0 aliphatic rings. The average Bonchev–Trinajstić information content (AvgIpc) is 2.75. The zero-order valence-corrected chi connectivity index (χ0v) is 18.8. The molecule has 162 valence electrons. The van der Waals surface area contributed by atoms with Gasteiger partial charge in [0.15, 0.2) is 0 Å². The summed E-state index contributed by atoms with van der Waals surface area (Å²) in [5.41, 5.74) is 8.85. The van der Waals surface area contributed by atoms with Crippen LogP contribution in [-0.2, 0) is 7.05 Å². The van der Waals surface area contributed by atoms with Crippen LogP contribution in [0.25, 0.3) is 11.1 Å². The Balaban J connectivity index is 2.23. The van der Waals surface area contributed by atoms with Gasteiger partial charge in [-0.3, -0.25) is 4.79 Å². The molecule has 0 fully saturated rings. The molecule has 2 aromatic carbocycles. The topological polar surface area (TPSA) is 96.8 Å². The van der Waals surface area contributed by atoms with Crippen molar-refractivity contribution in [1.82, 2.24) is 4.57 Å². The zero-order chi connectivity index (χ0) is 22.5. The highest BCUT2D eigenvalue weighted by Crippen LogP contribution is 2.40. The number of aromatic nitrogens is 1. The zero-order valence-electron chi connectivity index (χ0n) is 17.2. The van der Waals surface area contributed by atoms with Crippen LogP contribution in [0.5, 0.6) is 0 Å². The highest BCUT2D eigenvalue weighted by Gasteiger charge is 2.18. The third-order valence-corrected chi connectivity index (χ3v) is 5.33. The second-order valence-corrected chi connectivity index (χ2v) is 8.07. The van der Waals surface area contributed by atoms with Crippen molar-refractivity contribution in [2.24, 2.45) is 17.3 Å². The molecule has 0 atom stereocenters. The van der Waals surface area contributed by atoms with Gasteiger partial charge in [-0.25, -0.2) is 4.39 Å². The van der Waals surface area contributed by atoms with Gasteiger partial charge in [0.25, 0.3) is 5.56 Å². The number of hydrogen-bond acceptors (Lipinski definition) is 7. The highest BCUT2D eigenvalue weighted by atomic mass is 35.5. The van der Waals surface area contributed by atoms with Crippen LogP contribution in [0.3, 0.4) is 0 Å². The van der Waals surface area contributed by atoms with E-state index in [0.717, 1.165) is 11.4 Å². The van der Waals surface area contributed by atoms with Crippen molar-refractivity contribution in [3.63, 3.8) is 0 Å². The summed E-state index contributed by atoms with van der Waals surface area (Å²) in [6.07, 6.45) is 1.64. The highest BCUT2D eigenvalue weighted by molar-refractivity contribution is 8.00. The van der Waals surface area contributed by atoms with Crippen LogP contribution in [0.2, 0.25) is 5.02 Å². The molecule has 3 rings (SSSR count). The Morgan fingerprint density at radius 1 is 1.19 bits per heavy atom. The maximum atomic E-state index is 14.4. The Kier molecular flexibility index (Phi) is 7.19. The minimum atomic E-state index is -0.490. The van der Waals surface area contributed by atoms with Crippen LogP contribution < -0.4 is 21.3 Å². The van der Waals surface area contributed by atoms with Crippen molar-refractivity contribution >= 4 is 52.0 Å². The first-order valence-electron chi connectivity index (χ1n) is 9.39. The molecular weight excluding hydrogens is 439 g/mol. The summed E-state index contributed by atoms with van der Waals surface area (Å²) >= 11 is 7.41. The number of nitrogens with two attached hydrogens (primary N) is 1. The molecule has 31 heavy (non-hydrogen) atoms. The smallest absolute Gasteiger partial charge is 0.275 e. The molecule has 7 nitrogen and oxygen atoms in total. The molecule has 0 saturated heterocycles. The first-order chi connectivity index (χ1) is 14.8. The van der Waals surface area contributed by atoms with Gasteiger partial charge in [-0.05, 0) is 36.4 Å². The summed E-state index contributed by atoms with van der Waals surface area (Å²) in [5, 5.41) is 11.3.